The zero-order valence-corrected chi connectivity index (χ0v) is 31.2. The van der Waals surface area contributed by atoms with E-state index in [0.717, 1.165) is 18.9 Å². The molecular formula is C34H45F5N5O8P. The normalized spacial score (nSPS) is 21.6. The quantitative estimate of drug-likeness (QED) is 0.177. The fourth-order valence-corrected chi connectivity index (χ4v) is 7.71. The molecule has 1 N–H and O–H groups in total. The number of phosphoric ester groups is 1. The molecule has 1 aromatic rings. The lowest BCUT2D eigenvalue weighted by molar-refractivity contribution is -0.270. The van der Waals surface area contributed by atoms with Crippen LogP contribution in [0.25, 0.3) is 0 Å². The van der Waals surface area contributed by atoms with Crippen LogP contribution in [0.4, 0.5) is 27.6 Å². The number of rotatable bonds is 16. The third-order valence-corrected chi connectivity index (χ3v) is 10.7. The van der Waals surface area contributed by atoms with Gasteiger partial charge in [0.15, 0.2) is 0 Å². The number of carbonyl (C=O) groups excluding carboxylic acids is 4. The number of likely N-dealkylation sites (tertiary alicyclic amines) is 1. The molecule has 1 aliphatic carbocycles. The van der Waals surface area contributed by atoms with Crippen molar-refractivity contribution in [2.75, 3.05) is 38.4 Å². The maximum Gasteiger partial charge on any atom is 0.476 e. The molecule has 2 heterocycles. The second kappa shape index (κ2) is 16.0. The second-order valence-corrected chi connectivity index (χ2v) is 16.3. The topological polar surface area (TPSA) is 159 Å². The lowest BCUT2D eigenvalue weighted by atomic mass is 9.79. The maximum absolute atomic E-state index is 14.4. The summed E-state index contributed by atoms with van der Waals surface area (Å²) in [5, 5.41) is 11.6. The van der Waals surface area contributed by atoms with E-state index in [1.807, 2.05) is 27.7 Å². The first-order valence-corrected chi connectivity index (χ1v) is 18.7. The molecule has 3 aliphatic rings. The lowest BCUT2D eigenvalue weighted by Crippen LogP contribution is -2.58. The number of alkyl halides is 5. The number of likely N-dealkylation sites (N-methyl/N-ethyl adjacent to an activating group) is 1. The van der Waals surface area contributed by atoms with Gasteiger partial charge in [-0.2, -0.15) is 27.2 Å². The maximum atomic E-state index is 14.4. The van der Waals surface area contributed by atoms with Crippen LogP contribution in [0.5, 0.6) is 0 Å². The molecule has 1 saturated heterocycles. The molecule has 0 radical (unpaired) electrons. The van der Waals surface area contributed by atoms with Gasteiger partial charge in [-0.1, -0.05) is 58.7 Å². The van der Waals surface area contributed by atoms with Crippen molar-refractivity contribution in [1.82, 2.24) is 15.1 Å². The number of nitrogens with one attached hydrogen (secondary N) is 1. The number of anilines is 1. The zero-order valence-electron chi connectivity index (χ0n) is 30.3. The van der Waals surface area contributed by atoms with Crippen molar-refractivity contribution >= 4 is 37.1 Å². The molecule has 294 valence electrons. The Bertz CT molecular complexity index is 1640. The molecule has 2 aliphatic heterocycles. The van der Waals surface area contributed by atoms with Crippen molar-refractivity contribution in [1.29, 1.82) is 5.26 Å². The Morgan fingerprint density at radius 1 is 1.04 bits per heavy atom. The molecule has 1 spiro atoms. The van der Waals surface area contributed by atoms with Crippen LogP contribution in [0.3, 0.4) is 0 Å². The molecule has 4 amide bonds. The minimum Gasteiger partial charge on any atom is -0.339 e. The summed E-state index contributed by atoms with van der Waals surface area (Å²) in [5.41, 5.74) is -0.616. The average Bonchev–Trinajstić information content (AvgIpc) is 3.79. The van der Waals surface area contributed by atoms with Gasteiger partial charge in [0.25, 0.3) is 0 Å². The second-order valence-electron chi connectivity index (χ2n) is 14.6. The van der Waals surface area contributed by atoms with E-state index < -0.39 is 73.8 Å². The minimum absolute atomic E-state index is 0.0175. The number of phosphoric acid groups is 1. The fourth-order valence-electron chi connectivity index (χ4n) is 6.27. The molecule has 1 aromatic carbocycles. The van der Waals surface area contributed by atoms with Crippen molar-refractivity contribution in [2.45, 2.75) is 95.9 Å². The fraction of sp³-hybridized carbons (Fsp3) is 0.676. The largest absolute Gasteiger partial charge is 0.476 e. The molecule has 0 unspecified atom stereocenters. The molecule has 0 bridgehead atoms. The first-order chi connectivity index (χ1) is 24.6. The standard InChI is InChI=1S/C34H45F5N5O8P/c1-20(2)16-50-53(49,51-17-21(3)4)52-19-44-26-10-8-7-9-25(26)32(31(44)48)14-24(15-40)43(18-32)29(46)27(13-23-11-12-23)42(6)28(45)22(5)41-30(47)33(35,36)34(37,38)39/h7-10,20-24,27H,11-14,16-19H2,1-6H3,(H,41,47)/t22-,24-,27-,32-/m0/s1. The Morgan fingerprint density at radius 2 is 1.62 bits per heavy atom. The number of nitrogens with zero attached hydrogens (tertiary/aromatic N) is 4. The summed E-state index contributed by atoms with van der Waals surface area (Å²) < 4.78 is 95.9. The van der Waals surface area contributed by atoms with Crippen molar-refractivity contribution < 1.29 is 59.3 Å². The number of para-hydroxylation sites is 1. The highest BCUT2D eigenvalue weighted by Gasteiger charge is 2.64. The van der Waals surface area contributed by atoms with E-state index in [1.54, 1.807) is 24.3 Å². The van der Waals surface area contributed by atoms with Gasteiger partial charge in [-0.25, -0.2) is 4.57 Å². The van der Waals surface area contributed by atoms with Crippen LogP contribution in [-0.4, -0.2) is 97.2 Å². The molecular weight excluding hydrogens is 732 g/mol. The van der Waals surface area contributed by atoms with Crippen LogP contribution in [0.15, 0.2) is 24.3 Å². The van der Waals surface area contributed by atoms with Gasteiger partial charge in [0.1, 0.15) is 24.9 Å². The first-order valence-electron chi connectivity index (χ1n) is 17.3. The Labute approximate surface area is 304 Å². The van der Waals surface area contributed by atoms with Crippen LogP contribution >= 0.6 is 7.82 Å². The van der Waals surface area contributed by atoms with Gasteiger partial charge in [0, 0.05) is 20.0 Å². The van der Waals surface area contributed by atoms with Crippen molar-refractivity contribution in [3.05, 3.63) is 29.8 Å². The van der Waals surface area contributed by atoms with Crippen LogP contribution in [-0.2, 0) is 42.7 Å². The number of halogens is 5. The number of hydrogen-bond donors (Lipinski definition) is 1. The molecule has 0 aromatic heterocycles. The van der Waals surface area contributed by atoms with E-state index in [1.165, 1.54) is 15.1 Å². The predicted molar refractivity (Wildman–Crippen MR) is 179 cm³/mol. The van der Waals surface area contributed by atoms with Crippen LogP contribution in [0, 0.1) is 29.1 Å². The van der Waals surface area contributed by atoms with Crippen LogP contribution in [0.2, 0.25) is 0 Å². The summed E-state index contributed by atoms with van der Waals surface area (Å²) in [4.78, 5) is 57.1. The van der Waals surface area contributed by atoms with Crippen molar-refractivity contribution in [3.63, 3.8) is 0 Å². The number of fused-ring (bicyclic) bond motifs is 2. The number of nitriles is 1. The predicted octanol–water partition coefficient (Wildman–Crippen LogP) is 5.15. The van der Waals surface area contributed by atoms with E-state index in [0.29, 0.717) is 24.1 Å². The summed E-state index contributed by atoms with van der Waals surface area (Å²) in [6, 6.07) is 4.33. The van der Waals surface area contributed by atoms with Gasteiger partial charge in [0.2, 0.25) is 17.7 Å². The van der Waals surface area contributed by atoms with E-state index in [-0.39, 0.29) is 50.4 Å². The van der Waals surface area contributed by atoms with E-state index in [4.69, 9.17) is 13.6 Å². The lowest BCUT2D eigenvalue weighted by Gasteiger charge is -2.34. The molecule has 19 heteroatoms. The highest BCUT2D eigenvalue weighted by Crippen LogP contribution is 2.53. The molecule has 1 saturated carbocycles. The summed E-state index contributed by atoms with van der Waals surface area (Å²) >= 11 is 0. The summed E-state index contributed by atoms with van der Waals surface area (Å²) in [7, 11) is -3.00. The number of benzene rings is 1. The van der Waals surface area contributed by atoms with Crippen molar-refractivity contribution in [2.24, 2.45) is 17.8 Å². The van der Waals surface area contributed by atoms with E-state index >= 15 is 0 Å². The highest BCUT2D eigenvalue weighted by atomic mass is 31.2. The molecule has 53 heavy (non-hydrogen) atoms. The zero-order chi connectivity index (χ0) is 39.7. The van der Waals surface area contributed by atoms with E-state index in [2.05, 4.69) is 6.07 Å². The molecule has 2 fully saturated rings. The van der Waals surface area contributed by atoms with E-state index in [9.17, 15) is 51.0 Å². The Balaban J connectivity index is 1.59. The van der Waals surface area contributed by atoms with Crippen LogP contribution in [0.1, 0.15) is 65.9 Å². The van der Waals surface area contributed by atoms with Gasteiger partial charge in [-0.3, -0.25) is 37.6 Å². The van der Waals surface area contributed by atoms with Gasteiger partial charge >= 0.3 is 25.8 Å². The number of carbonyl (C=O) groups is 4. The Kier molecular flexibility index (Phi) is 12.7. The smallest absolute Gasteiger partial charge is 0.339 e. The highest BCUT2D eigenvalue weighted by molar-refractivity contribution is 7.48. The summed E-state index contributed by atoms with van der Waals surface area (Å²) in [5.74, 6) is -11.0. The third-order valence-electron chi connectivity index (χ3n) is 9.35. The number of amides is 4. The SMILES string of the molecule is CC(C)COP(=O)(OCC(C)C)OCN1C(=O)[C@]2(C[C@@H](C#N)N(C(=O)[C@H](CC3CC3)N(C)C(=O)[C@H](C)NC(=O)C(F)(F)C(F)(F)F)C2)c2ccccc21. The van der Waals surface area contributed by atoms with Gasteiger partial charge in [-0.05, 0) is 42.7 Å². The summed E-state index contributed by atoms with van der Waals surface area (Å²) in [6.07, 6.45) is -4.87. The monoisotopic (exact) mass is 777 g/mol. The van der Waals surface area contributed by atoms with Gasteiger partial charge in [-0.15, -0.1) is 0 Å². The number of hydrogen-bond acceptors (Lipinski definition) is 9. The molecule has 13 nitrogen and oxygen atoms in total. The molecule has 4 rings (SSSR count). The average molecular weight is 778 g/mol. The summed E-state index contributed by atoms with van der Waals surface area (Å²) in [6.45, 7) is 7.53. The Hall–Kier alpha value is -3.65. The van der Waals surface area contributed by atoms with Gasteiger partial charge in [0.05, 0.1) is 30.4 Å². The molecule has 4 atom stereocenters. The first kappa shape index (κ1) is 42.1. The Morgan fingerprint density at radius 3 is 2.15 bits per heavy atom. The van der Waals surface area contributed by atoms with Crippen molar-refractivity contribution in [3.8, 4) is 6.07 Å². The van der Waals surface area contributed by atoms with Gasteiger partial charge < -0.3 is 15.1 Å². The van der Waals surface area contributed by atoms with Crippen LogP contribution < -0.4 is 10.2 Å². The minimum atomic E-state index is -6.20. The third kappa shape index (κ3) is 9.01.